The van der Waals surface area contributed by atoms with Gasteiger partial charge in [-0.25, -0.2) is 14.6 Å². The fraction of sp³-hybridized carbons (Fsp3) is 0.667. The first-order valence-electron chi connectivity index (χ1n) is 7.73. The van der Waals surface area contributed by atoms with Crippen LogP contribution in [-0.4, -0.2) is 45.5 Å². The number of methoxy groups -OCH3 is 1. The first kappa shape index (κ1) is 15.7. The number of halogens is 1. The lowest BCUT2D eigenvalue weighted by Crippen LogP contribution is -2.48. The molecule has 22 heavy (non-hydrogen) atoms. The number of aromatic nitrogens is 4. The van der Waals surface area contributed by atoms with Crippen molar-refractivity contribution in [2.24, 2.45) is 7.05 Å². The number of ether oxygens (including phenoxy) is 1. The topological polar surface area (TPSA) is 56.1 Å². The van der Waals surface area contributed by atoms with E-state index in [1.165, 1.54) is 0 Å². The van der Waals surface area contributed by atoms with Crippen molar-refractivity contribution in [2.45, 2.75) is 38.1 Å². The molecule has 1 fully saturated rings. The third-order valence-electron chi connectivity index (χ3n) is 4.54. The number of nitrogens with zero attached hydrogens (tertiary/aromatic N) is 5. The monoisotopic (exact) mass is 367 g/mol. The molecule has 0 radical (unpaired) electrons. The number of rotatable bonds is 5. The molecule has 0 N–H and O–H groups in total. The smallest absolute Gasteiger partial charge is 0.164 e. The summed E-state index contributed by atoms with van der Waals surface area (Å²) in [7, 11) is 3.69. The molecule has 3 heterocycles. The number of anilines is 1. The molecule has 6 nitrogen and oxygen atoms in total. The van der Waals surface area contributed by atoms with E-state index in [0.29, 0.717) is 0 Å². The second-order valence-corrected chi connectivity index (χ2v) is 6.72. The zero-order chi connectivity index (χ0) is 15.7. The number of aryl methyl sites for hydroxylation is 1. The highest BCUT2D eigenvalue weighted by Crippen LogP contribution is 2.40. The minimum atomic E-state index is 0.0278. The Kier molecular flexibility index (Phi) is 4.36. The van der Waals surface area contributed by atoms with Crippen LogP contribution in [0.3, 0.4) is 0 Å². The van der Waals surface area contributed by atoms with E-state index in [0.717, 1.165) is 60.3 Å². The van der Waals surface area contributed by atoms with Gasteiger partial charge in [0.05, 0.1) is 17.5 Å². The summed E-state index contributed by atoms with van der Waals surface area (Å²) < 4.78 is 8.15. The molecular formula is C15H22BrN5O. The average Bonchev–Trinajstić information content (AvgIpc) is 3.02. The molecule has 0 bridgehead atoms. The van der Waals surface area contributed by atoms with Crippen LogP contribution in [0.5, 0.6) is 0 Å². The summed E-state index contributed by atoms with van der Waals surface area (Å²) in [6, 6.07) is 0. The van der Waals surface area contributed by atoms with Crippen LogP contribution in [0.4, 0.5) is 5.82 Å². The van der Waals surface area contributed by atoms with Gasteiger partial charge in [-0.05, 0) is 35.2 Å². The SMILES string of the molecule is CCC[C@]1(COC)CCCN1c1ncnc2c1c(Br)nn2C. The Bertz CT molecular complexity index is 665. The van der Waals surface area contributed by atoms with Gasteiger partial charge >= 0.3 is 0 Å². The fourth-order valence-electron chi connectivity index (χ4n) is 3.72. The summed E-state index contributed by atoms with van der Waals surface area (Å²) in [4.78, 5) is 11.4. The molecule has 1 aliphatic rings. The van der Waals surface area contributed by atoms with Gasteiger partial charge in [0.25, 0.3) is 0 Å². The Morgan fingerprint density at radius 1 is 1.41 bits per heavy atom. The third-order valence-corrected chi connectivity index (χ3v) is 5.09. The van der Waals surface area contributed by atoms with Crippen molar-refractivity contribution >= 4 is 32.8 Å². The highest BCUT2D eigenvalue weighted by molar-refractivity contribution is 9.10. The lowest BCUT2D eigenvalue weighted by atomic mass is 9.91. The van der Waals surface area contributed by atoms with Crippen molar-refractivity contribution in [1.29, 1.82) is 0 Å². The molecule has 0 unspecified atom stereocenters. The lowest BCUT2D eigenvalue weighted by molar-refractivity contribution is 0.127. The van der Waals surface area contributed by atoms with E-state index in [2.05, 4.69) is 42.8 Å². The summed E-state index contributed by atoms with van der Waals surface area (Å²) in [6.45, 7) is 3.95. The Morgan fingerprint density at radius 2 is 2.23 bits per heavy atom. The van der Waals surface area contributed by atoms with Crippen LogP contribution in [0, 0.1) is 0 Å². The fourth-order valence-corrected chi connectivity index (χ4v) is 4.31. The van der Waals surface area contributed by atoms with Crippen molar-refractivity contribution in [2.75, 3.05) is 25.2 Å². The highest BCUT2D eigenvalue weighted by Gasteiger charge is 2.42. The van der Waals surface area contributed by atoms with Crippen molar-refractivity contribution in [3.8, 4) is 0 Å². The maximum Gasteiger partial charge on any atom is 0.164 e. The minimum Gasteiger partial charge on any atom is -0.382 e. The molecule has 120 valence electrons. The van der Waals surface area contributed by atoms with Crippen LogP contribution >= 0.6 is 15.9 Å². The summed E-state index contributed by atoms with van der Waals surface area (Å²) in [5, 5.41) is 5.42. The van der Waals surface area contributed by atoms with Crippen molar-refractivity contribution in [1.82, 2.24) is 19.7 Å². The Hall–Kier alpha value is -1.21. The first-order chi connectivity index (χ1) is 10.6. The Morgan fingerprint density at radius 3 is 2.95 bits per heavy atom. The number of fused-ring (bicyclic) bond motifs is 1. The largest absolute Gasteiger partial charge is 0.382 e. The molecule has 0 saturated carbocycles. The average molecular weight is 368 g/mol. The van der Waals surface area contributed by atoms with Crippen LogP contribution in [0.2, 0.25) is 0 Å². The number of hydrogen-bond acceptors (Lipinski definition) is 5. The second-order valence-electron chi connectivity index (χ2n) is 5.97. The summed E-state index contributed by atoms with van der Waals surface area (Å²) in [5.74, 6) is 0.966. The first-order valence-corrected chi connectivity index (χ1v) is 8.52. The molecule has 0 aliphatic carbocycles. The molecule has 1 saturated heterocycles. The lowest BCUT2D eigenvalue weighted by Gasteiger charge is -2.39. The van der Waals surface area contributed by atoms with Gasteiger partial charge in [-0.3, -0.25) is 0 Å². The van der Waals surface area contributed by atoms with Gasteiger partial charge in [-0.2, -0.15) is 5.10 Å². The predicted molar refractivity (Wildman–Crippen MR) is 90.1 cm³/mol. The third kappa shape index (κ3) is 2.40. The maximum atomic E-state index is 5.56. The molecule has 3 rings (SSSR count). The maximum absolute atomic E-state index is 5.56. The molecule has 0 aromatic carbocycles. The van der Waals surface area contributed by atoms with E-state index in [1.807, 2.05) is 7.05 Å². The zero-order valence-corrected chi connectivity index (χ0v) is 14.9. The quantitative estimate of drug-likeness (QED) is 0.812. The molecule has 2 aromatic rings. The van der Waals surface area contributed by atoms with Gasteiger partial charge in [0.2, 0.25) is 0 Å². The van der Waals surface area contributed by atoms with Gasteiger partial charge in [0.1, 0.15) is 16.7 Å². The normalized spacial score (nSPS) is 21.9. The van der Waals surface area contributed by atoms with Gasteiger partial charge in [-0.15, -0.1) is 0 Å². The van der Waals surface area contributed by atoms with E-state index in [1.54, 1.807) is 18.1 Å². The minimum absolute atomic E-state index is 0.0278. The van der Waals surface area contributed by atoms with Crippen LogP contribution < -0.4 is 4.90 Å². The molecule has 7 heteroatoms. The Labute approximate surface area is 139 Å². The molecule has 1 aliphatic heterocycles. The van der Waals surface area contributed by atoms with E-state index in [9.17, 15) is 0 Å². The van der Waals surface area contributed by atoms with Gasteiger partial charge in [-0.1, -0.05) is 13.3 Å². The molecule has 1 atom stereocenters. The van der Waals surface area contributed by atoms with Crippen LogP contribution in [-0.2, 0) is 11.8 Å². The molecule has 2 aromatic heterocycles. The van der Waals surface area contributed by atoms with E-state index < -0.39 is 0 Å². The van der Waals surface area contributed by atoms with Crippen molar-refractivity contribution < 1.29 is 4.74 Å². The molecular weight excluding hydrogens is 346 g/mol. The van der Waals surface area contributed by atoms with Gasteiger partial charge in [0.15, 0.2) is 5.65 Å². The molecule has 0 spiro atoms. The predicted octanol–water partition coefficient (Wildman–Crippen LogP) is 2.91. The summed E-state index contributed by atoms with van der Waals surface area (Å²) >= 11 is 3.56. The second kappa shape index (κ2) is 6.12. The van der Waals surface area contributed by atoms with E-state index in [-0.39, 0.29) is 5.54 Å². The molecule has 0 amide bonds. The Balaban J connectivity index is 2.13. The summed E-state index contributed by atoms with van der Waals surface area (Å²) in [6.07, 6.45) is 6.16. The van der Waals surface area contributed by atoms with Crippen LogP contribution in [0.25, 0.3) is 11.0 Å². The van der Waals surface area contributed by atoms with E-state index in [4.69, 9.17) is 4.74 Å². The van der Waals surface area contributed by atoms with Crippen molar-refractivity contribution in [3.63, 3.8) is 0 Å². The zero-order valence-electron chi connectivity index (χ0n) is 13.3. The van der Waals surface area contributed by atoms with Crippen LogP contribution in [0.1, 0.15) is 32.6 Å². The summed E-state index contributed by atoms with van der Waals surface area (Å²) in [5.41, 5.74) is 0.881. The van der Waals surface area contributed by atoms with Crippen molar-refractivity contribution in [3.05, 3.63) is 10.9 Å². The standard InChI is InChI=1S/C15H22BrN5O/c1-4-6-15(9-22-3)7-5-8-21(15)14-11-12(16)19-20(2)13(11)17-10-18-14/h10H,4-9H2,1-3H3/t15-/m1/s1. The van der Waals surface area contributed by atoms with Gasteiger partial charge < -0.3 is 9.64 Å². The van der Waals surface area contributed by atoms with Crippen LogP contribution in [0.15, 0.2) is 10.9 Å². The highest BCUT2D eigenvalue weighted by atomic mass is 79.9. The van der Waals surface area contributed by atoms with E-state index >= 15 is 0 Å². The number of hydrogen-bond donors (Lipinski definition) is 0. The van der Waals surface area contributed by atoms with Gasteiger partial charge in [0, 0.05) is 20.7 Å².